The molecule has 0 radical (unpaired) electrons. The van der Waals surface area contributed by atoms with Gasteiger partial charge in [0.25, 0.3) is 0 Å². The average Bonchev–Trinajstić information content (AvgIpc) is 2.40. The summed E-state index contributed by atoms with van der Waals surface area (Å²) >= 11 is 0. The van der Waals surface area contributed by atoms with Crippen molar-refractivity contribution >= 4 is 0 Å². The summed E-state index contributed by atoms with van der Waals surface area (Å²) in [6.07, 6.45) is 6.65. The Hall–Kier alpha value is 1.77. The maximum Gasteiger partial charge on any atom is 1.00 e. The second-order valence-electron chi connectivity index (χ2n) is 4.30. The van der Waals surface area contributed by atoms with Crippen LogP contribution in [0.15, 0.2) is 0 Å². The van der Waals surface area contributed by atoms with Crippen molar-refractivity contribution in [3.63, 3.8) is 0 Å². The minimum Gasteiger partial charge on any atom is -0.329 e. The van der Waals surface area contributed by atoms with Crippen LogP contribution in [-0.4, -0.2) is 23.5 Å². The van der Waals surface area contributed by atoms with Gasteiger partial charge in [0.1, 0.15) is 0 Å². The van der Waals surface area contributed by atoms with E-state index in [2.05, 4.69) is 25.2 Å². The molecule has 2 heteroatoms. The number of hydrogen-bond donors (Lipinski definition) is 0. The van der Waals surface area contributed by atoms with Crippen LogP contribution in [0.4, 0.5) is 0 Å². The monoisotopic (exact) mass is 237 g/mol. The Morgan fingerprint density at radius 2 is 2.17 bits per heavy atom. The Kier molecular flexibility index (Phi) is 4.46. The van der Waals surface area contributed by atoms with Crippen LogP contribution in [0.5, 0.6) is 0 Å². The predicted octanol–water partition coefficient (Wildman–Crippen LogP) is -0.911. The Bertz CT molecular complexity index is 146. The molecule has 1 unspecified atom stereocenters. The van der Waals surface area contributed by atoms with Crippen molar-refractivity contribution < 1.29 is 58.2 Å². The van der Waals surface area contributed by atoms with Crippen LogP contribution < -0.4 is 58.2 Å². The van der Waals surface area contributed by atoms with E-state index in [0.29, 0.717) is 5.54 Å². The van der Waals surface area contributed by atoms with Gasteiger partial charge in [0.05, 0.1) is 0 Å². The van der Waals surface area contributed by atoms with Crippen molar-refractivity contribution in [2.75, 3.05) is 13.1 Å². The van der Waals surface area contributed by atoms with Gasteiger partial charge >= 0.3 is 58.2 Å². The molecule has 0 spiro atoms. The molecule has 0 aliphatic carbocycles. The van der Waals surface area contributed by atoms with Gasteiger partial charge in [-0.2, -0.15) is 6.42 Å². The number of fused-ring (bicyclic) bond motifs is 1. The number of nitrogens with zero attached hydrogens (tertiary/aromatic N) is 1. The maximum atomic E-state index is 2.68. The fraction of sp³-hybridized carbons (Fsp3) is 0.900. The van der Waals surface area contributed by atoms with Crippen LogP contribution in [0.2, 0.25) is 0 Å². The van der Waals surface area contributed by atoms with Crippen LogP contribution in [0, 0.1) is 12.3 Å². The average molecular weight is 238 g/mol. The first-order valence-corrected chi connectivity index (χ1v) is 4.82. The first kappa shape index (κ1) is 11.8. The fourth-order valence-corrected chi connectivity index (χ4v) is 2.82. The number of hydrogen-bond acceptors (Lipinski definition) is 1. The zero-order chi connectivity index (χ0) is 7.90. The molecule has 0 saturated carbocycles. The molecule has 2 aliphatic heterocycles. The minimum absolute atomic E-state index is 0. The third-order valence-corrected chi connectivity index (χ3v) is 3.59. The van der Waals surface area contributed by atoms with E-state index in [0.717, 1.165) is 5.92 Å². The van der Waals surface area contributed by atoms with Gasteiger partial charge in [-0.25, -0.2) is 0 Å². The molecule has 2 fully saturated rings. The van der Waals surface area contributed by atoms with Crippen molar-refractivity contribution in [3.05, 3.63) is 6.42 Å². The maximum absolute atomic E-state index is 2.68. The van der Waals surface area contributed by atoms with E-state index in [1.54, 1.807) is 0 Å². The summed E-state index contributed by atoms with van der Waals surface area (Å²) < 4.78 is 0. The third kappa shape index (κ3) is 1.77. The summed E-state index contributed by atoms with van der Waals surface area (Å²) in [4.78, 5) is 2.68. The third-order valence-electron chi connectivity index (χ3n) is 3.59. The van der Waals surface area contributed by atoms with Crippen molar-refractivity contribution in [1.82, 2.24) is 4.90 Å². The first-order valence-electron chi connectivity index (χ1n) is 4.82. The summed E-state index contributed by atoms with van der Waals surface area (Å²) in [5.74, 6) is 0.837. The molecule has 64 valence electrons. The Morgan fingerprint density at radius 3 is 2.75 bits per heavy atom. The summed E-state index contributed by atoms with van der Waals surface area (Å²) in [5.41, 5.74) is 0.583. The van der Waals surface area contributed by atoms with E-state index in [4.69, 9.17) is 0 Å². The van der Waals surface area contributed by atoms with Gasteiger partial charge in [0.2, 0.25) is 0 Å². The zero-order valence-corrected chi connectivity index (χ0v) is 13.6. The second kappa shape index (κ2) is 4.52. The van der Waals surface area contributed by atoms with Crippen molar-refractivity contribution in [2.24, 2.45) is 5.92 Å². The van der Waals surface area contributed by atoms with E-state index in [9.17, 15) is 0 Å². The molecule has 2 rings (SSSR count). The largest absolute Gasteiger partial charge is 1.00 e. The van der Waals surface area contributed by atoms with Gasteiger partial charge in [0, 0.05) is 0 Å². The van der Waals surface area contributed by atoms with Crippen LogP contribution in [0.1, 0.15) is 33.1 Å². The summed E-state index contributed by atoms with van der Waals surface area (Å²) in [6.45, 7) is 7.34. The first-order chi connectivity index (χ1) is 5.26. The second-order valence-corrected chi connectivity index (χ2v) is 4.30. The minimum atomic E-state index is 0. The molecule has 2 heterocycles. The smallest absolute Gasteiger partial charge is 0.329 e. The molecule has 1 atom stereocenters. The molecule has 0 bridgehead atoms. The van der Waals surface area contributed by atoms with E-state index < -0.39 is 0 Å². The molecule has 0 aromatic rings. The van der Waals surface area contributed by atoms with Gasteiger partial charge < -0.3 is 11.3 Å². The Balaban J connectivity index is 0.000000720. The summed E-state index contributed by atoms with van der Waals surface area (Å²) in [6, 6.07) is 0. The normalized spacial score (nSPS) is 35.2. The summed E-state index contributed by atoms with van der Waals surface area (Å²) in [5, 5.41) is 0. The van der Waals surface area contributed by atoms with Crippen LogP contribution in [0.25, 0.3) is 0 Å². The molecule has 0 aromatic heterocycles. The van der Waals surface area contributed by atoms with E-state index in [1.165, 1.54) is 32.4 Å². The molecule has 0 aromatic carbocycles. The molecule has 2 saturated heterocycles. The molecule has 12 heavy (non-hydrogen) atoms. The molecular formula is C10H18NRb. The van der Waals surface area contributed by atoms with Gasteiger partial charge in [0.15, 0.2) is 0 Å². The van der Waals surface area contributed by atoms with Crippen molar-refractivity contribution in [3.8, 4) is 0 Å². The quantitative estimate of drug-likeness (QED) is 0.534. The van der Waals surface area contributed by atoms with E-state index in [-0.39, 0.29) is 58.2 Å². The van der Waals surface area contributed by atoms with Gasteiger partial charge in [-0.3, -0.25) is 0 Å². The topological polar surface area (TPSA) is 3.24 Å². The molecular weight excluding hydrogens is 220 g/mol. The van der Waals surface area contributed by atoms with E-state index >= 15 is 0 Å². The van der Waals surface area contributed by atoms with Crippen LogP contribution in [0.3, 0.4) is 0 Å². The van der Waals surface area contributed by atoms with Gasteiger partial charge in [-0.05, 0) is 30.8 Å². The Labute approximate surface area is 125 Å². The predicted molar refractivity (Wildman–Crippen MR) is 47.3 cm³/mol. The molecule has 0 N–H and O–H groups in total. The van der Waals surface area contributed by atoms with Gasteiger partial charge in [-0.15, -0.1) is 6.54 Å². The molecule has 1 nitrogen and oxygen atoms in total. The van der Waals surface area contributed by atoms with Crippen molar-refractivity contribution in [1.29, 1.82) is 0 Å². The van der Waals surface area contributed by atoms with Crippen LogP contribution >= 0.6 is 0 Å². The van der Waals surface area contributed by atoms with Crippen molar-refractivity contribution in [2.45, 2.75) is 38.6 Å². The van der Waals surface area contributed by atoms with Gasteiger partial charge in [-0.1, -0.05) is 13.8 Å². The van der Waals surface area contributed by atoms with Crippen LogP contribution in [-0.2, 0) is 0 Å². The standard InChI is InChI=1S/C10H18N.Rb/c1-9(2)10-5-3-7-11(10)8-4-6-10;/h3,9H,4-8H2,1-2H3;/q-1;+1. The molecule has 2 aliphatic rings. The zero-order valence-electron chi connectivity index (χ0n) is 8.64. The van der Waals surface area contributed by atoms with E-state index in [1.807, 2.05) is 0 Å². The molecule has 0 amide bonds. The Morgan fingerprint density at radius 1 is 1.42 bits per heavy atom. The fourth-order valence-electron chi connectivity index (χ4n) is 2.82. The number of rotatable bonds is 1. The summed E-state index contributed by atoms with van der Waals surface area (Å²) in [7, 11) is 0. The SMILES string of the molecule is CC(C)C12C[CH-]CN1CCC2.[Rb+].